The Balaban J connectivity index is 2.57. The number of fused-ring (bicyclic) bond motifs is 1. The van der Waals surface area contributed by atoms with E-state index in [0.29, 0.717) is 5.90 Å². The van der Waals surface area contributed by atoms with Crippen LogP contribution in [0.3, 0.4) is 0 Å². The van der Waals surface area contributed by atoms with Crippen LogP contribution in [0.15, 0.2) is 29.3 Å². The van der Waals surface area contributed by atoms with Crippen molar-refractivity contribution < 1.29 is 4.74 Å². The second-order valence-corrected chi connectivity index (χ2v) is 5.63. The summed E-state index contributed by atoms with van der Waals surface area (Å²) in [6.07, 6.45) is 2.16. The summed E-state index contributed by atoms with van der Waals surface area (Å²) in [5.74, 6) is 1.63. The molecule has 0 aliphatic carbocycles. The second kappa shape index (κ2) is 4.02. The van der Waals surface area contributed by atoms with Gasteiger partial charge in [-0.2, -0.15) is 0 Å². The summed E-state index contributed by atoms with van der Waals surface area (Å²) >= 11 is 0. The van der Waals surface area contributed by atoms with Crippen LogP contribution in [0.2, 0.25) is 0 Å². The third-order valence-electron chi connectivity index (χ3n) is 2.52. The fourth-order valence-corrected chi connectivity index (χ4v) is 1.85. The van der Waals surface area contributed by atoms with Gasteiger partial charge in [0.1, 0.15) is 5.76 Å². The molecule has 0 fully saturated rings. The molecule has 0 unspecified atom stereocenters. The topological polar surface area (TPSA) is 21.6 Å². The molecule has 17 heavy (non-hydrogen) atoms. The van der Waals surface area contributed by atoms with Crippen LogP contribution >= 0.6 is 0 Å². The molecule has 0 aromatic heterocycles. The van der Waals surface area contributed by atoms with E-state index >= 15 is 0 Å². The van der Waals surface area contributed by atoms with Crippen molar-refractivity contribution in [3.63, 3.8) is 0 Å². The van der Waals surface area contributed by atoms with Gasteiger partial charge < -0.3 is 4.74 Å². The molecule has 0 amide bonds. The molecular formula is C15H19NO. The fraction of sp³-hybridized carbons (Fsp3) is 0.400. The standard InChI is InChI=1S/C15H19NO/c1-10-6-7-13-12(8-10)14(9-15(3,4)5)17-11(2)16-13/h6-9H,1-5H3/b14-9-. The highest BCUT2D eigenvalue weighted by Crippen LogP contribution is 2.35. The Kier molecular flexibility index (Phi) is 2.82. The predicted octanol–water partition coefficient (Wildman–Crippen LogP) is 4.46. The molecule has 2 rings (SSSR count). The molecule has 0 atom stereocenters. The Labute approximate surface area is 103 Å². The number of rotatable bonds is 0. The summed E-state index contributed by atoms with van der Waals surface area (Å²) in [4.78, 5) is 4.42. The van der Waals surface area contributed by atoms with E-state index in [-0.39, 0.29) is 5.41 Å². The van der Waals surface area contributed by atoms with Gasteiger partial charge in [0.05, 0.1) is 5.69 Å². The van der Waals surface area contributed by atoms with Crippen LogP contribution in [0.4, 0.5) is 5.69 Å². The fourth-order valence-electron chi connectivity index (χ4n) is 1.85. The average molecular weight is 229 g/mol. The summed E-state index contributed by atoms with van der Waals surface area (Å²) in [5, 5.41) is 0. The number of hydrogen-bond donors (Lipinski definition) is 0. The molecule has 0 spiro atoms. The Morgan fingerprint density at radius 3 is 2.53 bits per heavy atom. The van der Waals surface area contributed by atoms with Crippen molar-refractivity contribution in [2.75, 3.05) is 0 Å². The third kappa shape index (κ3) is 2.76. The van der Waals surface area contributed by atoms with E-state index in [1.54, 1.807) is 0 Å². The summed E-state index contributed by atoms with van der Waals surface area (Å²) in [6.45, 7) is 10.5. The Bertz CT molecular complexity index is 504. The summed E-state index contributed by atoms with van der Waals surface area (Å²) < 4.78 is 5.75. The van der Waals surface area contributed by atoms with Crippen molar-refractivity contribution in [3.8, 4) is 0 Å². The third-order valence-corrected chi connectivity index (χ3v) is 2.52. The Morgan fingerprint density at radius 1 is 1.18 bits per heavy atom. The van der Waals surface area contributed by atoms with Gasteiger partial charge in [-0.05, 0) is 30.5 Å². The zero-order chi connectivity index (χ0) is 12.6. The molecule has 1 aliphatic heterocycles. The van der Waals surface area contributed by atoms with E-state index < -0.39 is 0 Å². The lowest BCUT2D eigenvalue weighted by atomic mass is 9.93. The van der Waals surface area contributed by atoms with E-state index in [9.17, 15) is 0 Å². The van der Waals surface area contributed by atoms with Gasteiger partial charge in [0, 0.05) is 12.5 Å². The maximum absolute atomic E-state index is 5.75. The van der Waals surface area contributed by atoms with E-state index in [1.165, 1.54) is 5.56 Å². The lowest BCUT2D eigenvalue weighted by molar-refractivity contribution is 0.471. The first-order valence-electron chi connectivity index (χ1n) is 5.92. The summed E-state index contributed by atoms with van der Waals surface area (Å²) in [5.41, 5.74) is 3.40. The molecule has 0 radical (unpaired) electrons. The maximum Gasteiger partial charge on any atom is 0.192 e. The molecule has 0 bridgehead atoms. The number of aliphatic imine (C=N–C) groups is 1. The normalized spacial score (nSPS) is 17.5. The largest absolute Gasteiger partial charge is 0.443 e. The highest BCUT2D eigenvalue weighted by atomic mass is 16.5. The van der Waals surface area contributed by atoms with Gasteiger partial charge in [-0.25, -0.2) is 4.99 Å². The van der Waals surface area contributed by atoms with Gasteiger partial charge in [-0.1, -0.05) is 32.4 Å². The molecule has 0 saturated carbocycles. The SMILES string of the molecule is CC1=Nc2ccc(C)cc2/C(=C/C(C)(C)C)O1. The molecule has 1 aliphatic rings. The number of allylic oxidation sites excluding steroid dienone is 1. The highest BCUT2D eigenvalue weighted by Gasteiger charge is 2.19. The smallest absolute Gasteiger partial charge is 0.192 e. The number of hydrogen-bond acceptors (Lipinski definition) is 2. The van der Waals surface area contributed by atoms with Gasteiger partial charge in [0.15, 0.2) is 5.90 Å². The number of ether oxygens (including phenoxy) is 1. The Hall–Kier alpha value is -1.57. The van der Waals surface area contributed by atoms with Crippen molar-refractivity contribution in [1.82, 2.24) is 0 Å². The van der Waals surface area contributed by atoms with Gasteiger partial charge in [-0.3, -0.25) is 0 Å². The lowest BCUT2D eigenvalue weighted by Crippen LogP contribution is -2.09. The number of benzene rings is 1. The van der Waals surface area contributed by atoms with Crippen LogP contribution in [-0.2, 0) is 4.74 Å². The average Bonchev–Trinajstić information content (AvgIpc) is 2.16. The van der Waals surface area contributed by atoms with Crippen LogP contribution in [0.5, 0.6) is 0 Å². The number of aryl methyl sites for hydroxylation is 1. The summed E-state index contributed by atoms with van der Waals surface area (Å²) in [6, 6.07) is 6.26. The van der Waals surface area contributed by atoms with Crippen molar-refractivity contribution >= 4 is 17.3 Å². The molecular weight excluding hydrogens is 210 g/mol. The first-order chi connectivity index (χ1) is 7.85. The quantitative estimate of drug-likeness (QED) is 0.643. The minimum Gasteiger partial charge on any atom is -0.443 e. The van der Waals surface area contributed by atoms with Crippen LogP contribution in [0.25, 0.3) is 5.76 Å². The second-order valence-electron chi connectivity index (χ2n) is 5.63. The first-order valence-corrected chi connectivity index (χ1v) is 5.92. The Morgan fingerprint density at radius 2 is 1.88 bits per heavy atom. The van der Waals surface area contributed by atoms with E-state index in [1.807, 2.05) is 13.0 Å². The van der Waals surface area contributed by atoms with Gasteiger partial charge in [0.25, 0.3) is 0 Å². The molecule has 1 aromatic rings. The highest BCUT2D eigenvalue weighted by molar-refractivity contribution is 5.90. The molecule has 1 aromatic carbocycles. The molecule has 1 heterocycles. The lowest BCUT2D eigenvalue weighted by Gasteiger charge is -2.21. The predicted molar refractivity (Wildman–Crippen MR) is 72.5 cm³/mol. The maximum atomic E-state index is 5.75. The van der Waals surface area contributed by atoms with Crippen molar-refractivity contribution in [2.45, 2.75) is 34.6 Å². The van der Waals surface area contributed by atoms with Crippen LogP contribution in [0, 0.1) is 12.3 Å². The molecule has 90 valence electrons. The van der Waals surface area contributed by atoms with Crippen LogP contribution in [-0.4, -0.2) is 5.90 Å². The van der Waals surface area contributed by atoms with Crippen molar-refractivity contribution in [3.05, 3.63) is 35.4 Å². The molecule has 2 heteroatoms. The zero-order valence-electron chi connectivity index (χ0n) is 11.2. The minimum atomic E-state index is 0.0912. The van der Waals surface area contributed by atoms with E-state index in [0.717, 1.165) is 17.0 Å². The summed E-state index contributed by atoms with van der Waals surface area (Å²) in [7, 11) is 0. The van der Waals surface area contributed by atoms with Gasteiger partial charge in [0.2, 0.25) is 0 Å². The van der Waals surface area contributed by atoms with Crippen LogP contribution < -0.4 is 0 Å². The zero-order valence-corrected chi connectivity index (χ0v) is 11.2. The first kappa shape index (κ1) is 11.9. The van der Waals surface area contributed by atoms with Gasteiger partial charge >= 0.3 is 0 Å². The monoisotopic (exact) mass is 229 g/mol. The molecule has 2 nitrogen and oxygen atoms in total. The molecule has 0 N–H and O–H groups in total. The van der Waals surface area contributed by atoms with E-state index in [2.05, 4.69) is 50.9 Å². The van der Waals surface area contributed by atoms with Gasteiger partial charge in [-0.15, -0.1) is 0 Å². The van der Waals surface area contributed by atoms with Crippen LogP contribution in [0.1, 0.15) is 38.8 Å². The van der Waals surface area contributed by atoms with E-state index in [4.69, 9.17) is 4.74 Å². The molecule has 0 saturated heterocycles. The van der Waals surface area contributed by atoms with Crippen molar-refractivity contribution in [2.24, 2.45) is 10.4 Å². The van der Waals surface area contributed by atoms with Crippen molar-refractivity contribution in [1.29, 1.82) is 0 Å². The number of nitrogens with zero attached hydrogens (tertiary/aromatic N) is 1. The minimum absolute atomic E-state index is 0.0912.